The predicted molar refractivity (Wildman–Crippen MR) is 204 cm³/mol. The second-order valence-electron chi connectivity index (χ2n) is 12.2. The third kappa shape index (κ3) is 12.3. The number of Topliss-reactive ketones (excluding diaryl/α,β-unsaturated/α-hetero) is 1. The number of rotatable bonds is 15. The van der Waals surface area contributed by atoms with E-state index in [-0.39, 0.29) is 35.3 Å². The summed E-state index contributed by atoms with van der Waals surface area (Å²) in [5.74, 6) is -0.680. The molecule has 0 unspecified atom stereocenters. The van der Waals surface area contributed by atoms with Crippen molar-refractivity contribution in [1.29, 1.82) is 0 Å². The van der Waals surface area contributed by atoms with Crippen LogP contribution in [0.5, 0.6) is 0 Å². The van der Waals surface area contributed by atoms with Gasteiger partial charge in [-0.15, -0.1) is 0 Å². The lowest BCUT2D eigenvalue weighted by Crippen LogP contribution is -2.25. The summed E-state index contributed by atoms with van der Waals surface area (Å²) in [5, 5.41) is 9.03. The van der Waals surface area contributed by atoms with Crippen molar-refractivity contribution < 1.29 is 14.4 Å². The minimum atomic E-state index is -0.302. The second-order valence-corrected chi connectivity index (χ2v) is 12.2. The average molecular weight is 662 g/mol. The highest BCUT2D eigenvalue weighted by Crippen LogP contribution is 2.28. The highest BCUT2D eigenvalue weighted by atomic mass is 16.2. The molecule has 0 bridgehead atoms. The molecule has 1 aromatic heterocycles. The van der Waals surface area contributed by atoms with Crippen LogP contribution < -0.4 is 16.0 Å². The number of benzene rings is 1. The summed E-state index contributed by atoms with van der Waals surface area (Å²) >= 11 is 0. The van der Waals surface area contributed by atoms with Crippen molar-refractivity contribution in [3.63, 3.8) is 0 Å². The summed E-state index contributed by atoms with van der Waals surface area (Å²) in [7, 11) is 0. The molecule has 0 radical (unpaired) electrons. The minimum Gasteiger partial charge on any atom is -0.337 e. The van der Waals surface area contributed by atoms with Gasteiger partial charge in [0.15, 0.2) is 11.6 Å². The molecular weight excluding hydrogens is 610 g/mol. The molecule has 2 aromatic rings. The van der Waals surface area contributed by atoms with Gasteiger partial charge in [0.1, 0.15) is 0 Å². The molecule has 0 spiro atoms. The smallest absolute Gasteiger partial charge is 0.255 e. The predicted octanol–water partition coefficient (Wildman–Crippen LogP) is 9.43. The lowest BCUT2D eigenvalue weighted by molar-refractivity contribution is -0.116. The van der Waals surface area contributed by atoms with Gasteiger partial charge in [0.25, 0.3) is 11.8 Å². The molecular formula is C41H51N5O3. The van der Waals surface area contributed by atoms with Gasteiger partial charge < -0.3 is 16.0 Å². The number of ketones is 1. The number of amidine groups is 1. The summed E-state index contributed by atoms with van der Waals surface area (Å²) in [6.07, 6.45) is 15.8. The number of nitrogens with one attached hydrogen (secondary N) is 3. The Kier molecular flexibility index (Phi) is 15.8. The van der Waals surface area contributed by atoms with E-state index in [0.29, 0.717) is 45.1 Å². The molecule has 0 saturated heterocycles. The number of aliphatic imine (C=N–C) groups is 1. The van der Waals surface area contributed by atoms with Crippen molar-refractivity contribution in [3.8, 4) is 0 Å². The molecule has 0 saturated carbocycles. The average Bonchev–Trinajstić information content (AvgIpc) is 3.09. The zero-order valence-corrected chi connectivity index (χ0v) is 30.2. The highest BCUT2D eigenvalue weighted by Gasteiger charge is 2.17. The number of allylic oxidation sites excluding steroid dienone is 7. The van der Waals surface area contributed by atoms with Gasteiger partial charge in [0.05, 0.1) is 5.70 Å². The Balaban J connectivity index is 2.44. The van der Waals surface area contributed by atoms with Crippen LogP contribution in [0, 0.1) is 5.41 Å². The van der Waals surface area contributed by atoms with Crippen LogP contribution in [-0.4, -0.2) is 28.4 Å². The van der Waals surface area contributed by atoms with E-state index >= 15 is 0 Å². The van der Waals surface area contributed by atoms with E-state index in [1.54, 1.807) is 73.9 Å². The number of nitrogens with zero attached hydrogens (tertiary/aromatic N) is 2. The molecule has 0 aliphatic heterocycles. The number of amides is 2. The maximum Gasteiger partial charge on any atom is 0.255 e. The quantitative estimate of drug-likeness (QED) is 0.0762. The van der Waals surface area contributed by atoms with Gasteiger partial charge in [-0.2, -0.15) is 0 Å². The molecule has 3 N–H and O–H groups in total. The van der Waals surface area contributed by atoms with Crippen LogP contribution in [-0.2, 0) is 9.59 Å². The molecule has 2 amide bonds. The summed E-state index contributed by atoms with van der Waals surface area (Å²) in [4.78, 5) is 47.9. The Morgan fingerprint density at radius 2 is 1.61 bits per heavy atom. The van der Waals surface area contributed by atoms with Crippen LogP contribution in [0.15, 0.2) is 137 Å². The topological polar surface area (TPSA) is 113 Å². The van der Waals surface area contributed by atoms with Crippen molar-refractivity contribution in [2.24, 2.45) is 10.4 Å². The zero-order chi connectivity index (χ0) is 36.6. The summed E-state index contributed by atoms with van der Waals surface area (Å²) in [5.41, 5.74) is 5.44. The number of anilines is 2. The largest absolute Gasteiger partial charge is 0.337 e. The molecule has 1 aromatic carbocycles. The monoisotopic (exact) mass is 661 g/mol. The number of carbonyl (C=O) groups is 3. The van der Waals surface area contributed by atoms with Gasteiger partial charge in [-0.05, 0) is 85.7 Å². The number of carbonyl (C=O) groups excluding carboxylic acids is 3. The number of pyridine rings is 1. The lowest BCUT2D eigenvalue weighted by atomic mass is 9.84. The van der Waals surface area contributed by atoms with Crippen LogP contribution in [0.2, 0.25) is 0 Å². The van der Waals surface area contributed by atoms with E-state index in [4.69, 9.17) is 4.99 Å². The SMILES string of the molecule is C=C/C(=C\C=C(/CC)C(C)(C)C)C(=O)NC(/C=C\CC)=C(\C)C(=C)/C(=C/C)N=C(Nc1cccc(NC(=O)c2ccncc2)c1)C(=O)CC. The molecule has 0 atom stereocenters. The van der Waals surface area contributed by atoms with Crippen LogP contribution in [0.3, 0.4) is 0 Å². The first-order valence-electron chi connectivity index (χ1n) is 16.6. The molecule has 49 heavy (non-hydrogen) atoms. The standard InChI is InChI=1S/C41H51N5O3/c1-11-16-20-36(46-39(48)30(12-2)21-22-32(13-3)41(8,9)10)29(7)28(6)35(14-4)45-38(37(47)15-5)43-33-18-17-19-34(27-33)44-40(49)31-23-25-42-26-24-31/h12,14,16-27H,2,6,11,13,15H2,1,3-5,7-10H3,(H,43,45)(H,44,49)(H,46,48)/b20-16-,30-21+,32-22+,35-14-,36-29+. The van der Waals surface area contributed by atoms with Crippen molar-refractivity contribution >= 4 is 34.8 Å². The summed E-state index contributed by atoms with van der Waals surface area (Å²) in [6, 6.07) is 10.3. The molecule has 8 heteroatoms. The van der Waals surface area contributed by atoms with E-state index in [9.17, 15) is 14.4 Å². The van der Waals surface area contributed by atoms with Crippen molar-refractivity contribution in [1.82, 2.24) is 10.3 Å². The number of hydrogen-bond donors (Lipinski definition) is 3. The van der Waals surface area contributed by atoms with E-state index in [2.05, 4.69) is 61.8 Å². The van der Waals surface area contributed by atoms with E-state index in [1.165, 1.54) is 5.57 Å². The maximum atomic E-state index is 13.4. The molecule has 2 rings (SSSR count). The van der Waals surface area contributed by atoms with E-state index in [0.717, 1.165) is 12.8 Å². The first-order valence-corrected chi connectivity index (χ1v) is 16.6. The number of hydrogen-bond acceptors (Lipinski definition) is 5. The van der Waals surface area contributed by atoms with Gasteiger partial charge in [-0.1, -0.05) is 90.6 Å². The fourth-order valence-corrected chi connectivity index (χ4v) is 4.64. The lowest BCUT2D eigenvalue weighted by Gasteiger charge is -2.21. The molecule has 0 aliphatic rings. The van der Waals surface area contributed by atoms with Crippen LogP contribution >= 0.6 is 0 Å². The molecule has 0 aliphatic carbocycles. The van der Waals surface area contributed by atoms with Crippen molar-refractivity contribution in [2.75, 3.05) is 10.6 Å². The second kappa shape index (κ2) is 19.5. The fraction of sp³-hybridized carbons (Fsp3) is 0.293. The van der Waals surface area contributed by atoms with Crippen molar-refractivity contribution in [3.05, 3.63) is 138 Å². The van der Waals surface area contributed by atoms with E-state index in [1.807, 2.05) is 39.0 Å². The minimum absolute atomic E-state index is 0.0211. The third-order valence-electron chi connectivity index (χ3n) is 7.64. The summed E-state index contributed by atoms with van der Waals surface area (Å²) in [6.45, 7) is 24.1. The highest BCUT2D eigenvalue weighted by molar-refractivity contribution is 6.43. The molecule has 1 heterocycles. The Bertz CT molecular complexity index is 1710. The van der Waals surface area contributed by atoms with Crippen LogP contribution in [0.25, 0.3) is 0 Å². The Morgan fingerprint density at radius 3 is 2.16 bits per heavy atom. The fourth-order valence-electron chi connectivity index (χ4n) is 4.64. The Labute approximate surface area is 292 Å². The first-order chi connectivity index (χ1) is 23.3. The Morgan fingerprint density at radius 1 is 0.959 bits per heavy atom. The Hall–Kier alpha value is -5.37. The van der Waals surface area contributed by atoms with Gasteiger partial charge >= 0.3 is 0 Å². The molecule has 0 fully saturated rings. The normalized spacial score (nSPS) is 13.5. The summed E-state index contributed by atoms with van der Waals surface area (Å²) < 4.78 is 0. The van der Waals surface area contributed by atoms with Gasteiger partial charge in [-0.25, -0.2) is 4.99 Å². The van der Waals surface area contributed by atoms with Crippen molar-refractivity contribution in [2.45, 2.75) is 74.7 Å². The number of aromatic nitrogens is 1. The first kappa shape index (κ1) is 39.8. The zero-order valence-electron chi connectivity index (χ0n) is 30.2. The third-order valence-corrected chi connectivity index (χ3v) is 7.64. The molecule has 8 nitrogen and oxygen atoms in total. The van der Waals surface area contributed by atoms with Crippen LogP contribution in [0.4, 0.5) is 11.4 Å². The van der Waals surface area contributed by atoms with Gasteiger partial charge in [0.2, 0.25) is 0 Å². The van der Waals surface area contributed by atoms with E-state index < -0.39 is 0 Å². The van der Waals surface area contributed by atoms with Crippen LogP contribution in [0.1, 0.15) is 85.0 Å². The maximum absolute atomic E-state index is 13.4. The van der Waals surface area contributed by atoms with Gasteiger partial charge in [-0.3, -0.25) is 19.4 Å². The molecule has 258 valence electrons. The van der Waals surface area contributed by atoms with Gasteiger partial charge in [0, 0.05) is 47.0 Å².